The summed E-state index contributed by atoms with van der Waals surface area (Å²) in [6, 6.07) is 15.6. The van der Waals surface area contributed by atoms with Gasteiger partial charge in [-0.2, -0.15) is 13.9 Å². The first-order valence-electron chi connectivity index (χ1n) is 10.8. The van der Waals surface area contributed by atoms with Gasteiger partial charge in [-0.1, -0.05) is 24.3 Å². The first-order chi connectivity index (χ1) is 16.0. The van der Waals surface area contributed by atoms with Crippen LogP contribution in [-0.4, -0.2) is 28.1 Å². The van der Waals surface area contributed by atoms with Crippen molar-refractivity contribution < 1.29 is 18.3 Å². The van der Waals surface area contributed by atoms with E-state index in [1.54, 1.807) is 19.2 Å². The van der Waals surface area contributed by atoms with E-state index in [-0.39, 0.29) is 11.3 Å². The lowest BCUT2D eigenvalue weighted by atomic mass is 10.1. The van der Waals surface area contributed by atoms with E-state index in [1.807, 2.05) is 36.5 Å². The quantitative estimate of drug-likeness (QED) is 0.381. The summed E-state index contributed by atoms with van der Waals surface area (Å²) in [5.41, 5.74) is 3.29. The summed E-state index contributed by atoms with van der Waals surface area (Å²) in [6.07, 6.45) is 4.32. The van der Waals surface area contributed by atoms with Crippen molar-refractivity contribution in [2.75, 3.05) is 7.11 Å². The summed E-state index contributed by atoms with van der Waals surface area (Å²) in [6.45, 7) is -1.78. The summed E-state index contributed by atoms with van der Waals surface area (Å²) in [7, 11) is 1.60. The normalized spacial score (nSPS) is 13.6. The van der Waals surface area contributed by atoms with E-state index < -0.39 is 6.61 Å². The molecule has 6 nitrogen and oxygen atoms in total. The maximum absolute atomic E-state index is 13.6. The van der Waals surface area contributed by atoms with Gasteiger partial charge in [-0.25, -0.2) is 4.68 Å². The Hall–Kier alpha value is -3.68. The number of methoxy groups -OCH3 is 1. The lowest BCUT2D eigenvalue weighted by Gasteiger charge is -2.13. The second-order valence-electron chi connectivity index (χ2n) is 8.23. The molecule has 1 saturated carbocycles. The molecule has 0 aliphatic heterocycles. The van der Waals surface area contributed by atoms with Gasteiger partial charge in [0.25, 0.3) is 5.56 Å². The molecule has 0 radical (unpaired) electrons. The molecule has 0 amide bonds. The number of ether oxygens (including phenoxy) is 2. The third-order valence-corrected chi connectivity index (χ3v) is 5.87. The third kappa shape index (κ3) is 4.46. The van der Waals surface area contributed by atoms with E-state index >= 15 is 0 Å². The van der Waals surface area contributed by atoms with Crippen molar-refractivity contribution >= 4 is 11.0 Å². The highest BCUT2D eigenvalue weighted by Gasteiger charge is 2.24. The molecule has 1 aliphatic carbocycles. The van der Waals surface area contributed by atoms with E-state index in [1.165, 1.54) is 29.7 Å². The minimum absolute atomic E-state index is 0.0472. The summed E-state index contributed by atoms with van der Waals surface area (Å²) in [4.78, 5) is 13.6. The Bertz CT molecular complexity index is 1320. The molecule has 1 fully saturated rings. The zero-order valence-corrected chi connectivity index (χ0v) is 18.1. The molecule has 8 heteroatoms. The van der Waals surface area contributed by atoms with Crippen LogP contribution in [0.4, 0.5) is 8.78 Å². The van der Waals surface area contributed by atoms with Gasteiger partial charge in [0.05, 0.1) is 24.7 Å². The van der Waals surface area contributed by atoms with E-state index in [9.17, 15) is 13.6 Å². The number of aromatic nitrogens is 3. The number of rotatable bonds is 8. The highest BCUT2D eigenvalue weighted by atomic mass is 19.3. The number of benzene rings is 2. The molecule has 0 saturated heterocycles. The highest BCUT2D eigenvalue weighted by Crippen LogP contribution is 2.34. The van der Waals surface area contributed by atoms with Gasteiger partial charge in [0.2, 0.25) is 0 Å². The van der Waals surface area contributed by atoms with Crippen LogP contribution in [0.2, 0.25) is 0 Å². The highest BCUT2D eigenvalue weighted by molar-refractivity contribution is 5.91. The van der Waals surface area contributed by atoms with Crippen LogP contribution in [-0.2, 0) is 13.1 Å². The second kappa shape index (κ2) is 8.69. The maximum atomic E-state index is 13.6. The Morgan fingerprint density at radius 2 is 1.73 bits per heavy atom. The van der Waals surface area contributed by atoms with Crippen molar-refractivity contribution in [3.8, 4) is 22.6 Å². The molecule has 0 spiro atoms. The summed E-state index contributed by atoms with van der Waals surface area (Å²) < 4.78 is 38.3. The van der Waals surface area contributed by atoms with Crippen LogP contribution in [0, 0.1) is 5.92 Å². The molecule has 5 rings (SSSR count). The number of nitrogens with zero attached hydrogens (tertiary/aromatic N) is 3. The zero-order chi connectivity index (χ0) is 22.9. The first-order valence-corrected chi connectivity index (χ1v) is 10.8. The molecular weight excluding hydrogens is 428 g/mol. The van der Waals surface area contributed by atoms with Gasteiger partial charge in [-0.15, -0.1) is 0 Å². The van der Waals surface area contributed by atoms with Crippen molar-refractivity contribution in [1.82, 2.24) is 14.3 Å². The fourth-order valence-corrected chi connectivity index (χ4v) is 4.02. The van der Waals surface area contributed by atoms with Crippen LogP contribution in [0.1, 0.15) is 18.4 Å². The van der Waals surface area contributed by atoms with Crippen LogP contribution < -0.4 is 15.0 Å². The van der Waals surface area contributed by atoms with Gasteiger partial charge in [-0.3, -0.25) is 4.79 Å². The standard InChI is InChI=1S/C25H23F2N3O3/c1-32-19-8-4-17(5-9-19)15-30-24(31)22(18-6-10-20(11-7-18)33-25(26)27)23-21(28-30)12-13-29(23)14-16-2-3-16/h4-13,16,25H,2-3,14-15H2,1H3. The predicted octanol–water partition coefficient (Wildman–Crippen LogP) is 4.93. The van der Waals surface area contributed by atoms with E-state index in [0.29, 0.717) is 29.1 Å². The summed E-state index contributed by atoms with van der Waals surface area (Å²) in [5.74, 6) is 1.39. The molecule has 0 N–H and O–H groups in total. The Balaban J connectivity index is 1.61. The van der Waals surface area contributed by atoms with Crippen molar-refractivity contribution in [2.45, 2.75) is 32.5 Å². The van der Waals surface area contributed by atoms with Gasteiger partial charge in [0, 0.05) is 12.7 Å². The number of alkyl halides is 2. The van der Waals surface area contributed by atoms with Gasteiger partial charge < -0.3 is 14.0 Å². The average Bonchev–Trinajstić information content (AvgIpc) is 3.55. The van der Waals surface area contributed by atoms with Crippen molar-refractivity contribution in [1.29, 1.82) is 0 Å². The summed E-state index contributed by atoms with van der Waals surface area (Å²) >= 11 is 0. The molecule has 0 atom stereocenters. The van der Waals surface area contributed by atoms with Crippen molar-refractivity contribution in [3.05, 3.63) is 76.7 Å². The van der Waals surface area contributed by atoms with Crippen LogP contribution in [0.5, 0.6) is 11.5 Å². The number of fused-ring (bicyclic) bond motifs is 1. The largest absolute Gasteiger partial charge is 0.497 e. The molecule has 2 aromatic carbocycles. The van der Waals surface area contributed by atoms with Gasteiger partial charge in [0.1, 0.15) is 17.0 Å². The van der Waals surface area contributed by atoms with Crippen LogP contribution in [0.25, 0.3) is 22.2 Å². The number of hydrogen-bond donors (Lipinski definition) is 0. The fraction of sp³-hybridized carbons (Fsp3) is 0.280. The van der Waals surface area contributed by atoms with Crippen molar-refractivity contribution in [3.63, 3.8) is 0 Å². The Morgan fingerprint density at radius 3 is 2.36 bits per heavy atom. The third-order valence-electron chi connectivity index (χ3n) is 5.87. The van der Waals surface area contributed by atoms with Crippen molar-refractivity contribution in [2.24, 2.45) is 5.92 Å². The Kier molecular flexibility index (Phi) is 5.58. The van der Waals surface area contributed by atoms with E-state index in [0.717, 1.165) is 23.4 Å². The Morgan fingerprint density at radius 1 is 1.03 bits per heavy atom. The monoisotopic (exact) mass is 451 g/mol. The molecule has 4 aromatic rings. The van der Waals surface area contributed by atoms with Gasteiger partial charge in [-0.05, 0) is 60.2 Å². The maximum Gasteiger partial charge on any atom is 0.387 e. The summed E-state index contributed by atoms with van der Waals surface area (Å²) in [5, 5.41) is 4.63. The van der Waals surface area contributed by atoms with Crippen LogP contribution in [0.15, 0.2) is 65.6 Å². The number of halogens is 2. The fourth-order valence-electron chi connectivity index (χ4n) is 4.02. The van der Waals surface area contributed by atoms with Crippen LogP contribution in [0.3, 0.4) is 0 Å². The van der Waals surface area contributed by atoms with Gasteiger partial charge >= 0.3 is 6.61 Å². The minimum atomic E-state index is -2.90. The average molecular weight is 451 g/mol. The predicted molar refractivity (Wildman–Crippen MR) is 121 cm³/mol. The molecule has 1 aliphatic rings. The topological polar surface area (TPSA) is 58.3 Å². The van der Waals surface area contributed by atoms with E-state index in [4.69, 9.17) is 4.74 Å². The molecule has 170 valence electrons. The molecule has 2 heterocycles. The SMILES string of the molecule is COc1ccc(Cn2nc3ccn(CC4CC4)c3c(-c3ccc(OC(F)F)cc3)c2=O)cc1. The second-order valence-corrected chi connectivity index (χ2v) is 8.23. The zero-order valence-electron chi connectivity index (χ0n) is 18.1. The molecular formula is C25H23F2N3O3. The minimum Gasteiger partial charge on any atom is -0.497 e. The number of hydrogen-bond acceptors (Lipinski definition) is 4. The molecule has 2 aromatic heterocycles. The molecule has 33 heavy (non-hydrogen) atoms. The van der Waals surface area contributed by atoms with Gasteiger partial charge in [0.15, 0.2) is 0 Å². The Labute approximate surface area is 189 Å². The van der Waals surface area contributed by atoms with E-state index in [2.05, 4.69) is 14.4 Å². The lowest BCUT2D eigenvalue weighted by molar-refractivity contribution is -0.0498. The molecule has 0 bridgehead atoms. The molecule has 0 unspecified atom stereocenters. The van der Waals surface area contributed by atoms with Crippen LogP contribution >= 0.6 is 0 Å². The smallest absolute Gasteiger partial charge is 0.387 e. The first kappa shape index (κ1) is 21.2. The lowest BCUT2D eigenvalue weighted by Crippen LogP contribution is -2.26.